The highest BCUT2D eigenvalue weighted by molar-refractivity contribution is 7.91. The molecule has 2 aromatic carbocycles. The number of hydrogen-bond acceptors (Lipinski definition) is 6. The molecule has 0 radical (unpaired) electrons. The minimum Gasteiger partial charge on any atom is -0.457 e. The third-order valence-electron chi connectivity index (χ3n) is 4.61. The Morgan fingerprint density at radius 3 is 2.06 bits per heavy atom. The van der Waals surface area contributed by atoms with Crippen molar-refractivity contribution in [1.29, 1.82) is 0 Å². The topological polar surface area (TPSA) is 98.1 Å². The van der Waals surface area contributed by atoms with E-state index in [2.05, 4.69) is 4.74 Å². The van der Waals surface area contributed by atoms with Crippen LogP contribution < -0.4 is 9.47 Å². The number of alkyl halides is 3. The number of sulfone groups is 1. The van der Waals surface area contributed by atoms with Crippen LogP contribution in [0, 0.1) is 0 Å². The fourth-order valence-corrected chi connectivity index (χ4v) is 4.54. The van der Waals surface area contributed by atoms with E-state index in [4.69, 9.17) is 4.74 Å². The Bertz CT molecular complexity index is 1190. The molecule has 0 fully saturated rings. The maximum absolute atomic E-state index is 12.9. The summed E-state index contributed by atoms with van der Waals surface area (Å²) in [5.41, 5.74) is 0.422. The number of amides is 1. The highest BCUT2D eigenvalue weighted by Crippen LogP contribution is 2.29. The quantitative estimate of drug-likeness (QED) is 0.279. The molecule has 0 saturated heterocycles. The summed E-state index contributed by atoms with van der Waals surface area (Å²) in [6.45, 7) is 0. The van der Waals surface area contributed by atoms with Gasteiger partial charge in [0.1, 0.15) is 23.3 Å². The first kappa shape index (κ1) is 24.1. The summed E-state index contributed by atoms with van der Waals surface area (Å²) in [5.74, 6) is -0.515. The zero-order valence-corrected chi connectivity index (χ0v) is 18.0. The number of hydroxylamine groups is 2. The van der Waals surface area contributed by atoms with Crippen molar-refractivity contribution in [2.45, 2.75) is 17.3 Å². The second kappa shape index (κ2) is 9.55. The molecule has 1 N–H and O–H groups in total. The van der Waals surface area contributed by atoms with Gasteiger partial charge >= 0.3 is 6.36 Å². The van der Waals surface area contributed by atoms with Crippen LogP contribution in [0.15, 0.2) is 71.8 Å². The zero-order chi connectivity index (χ0) is 24.2. The van der Waals surface area contributed by atoms with Gasteiger partial charge in [-0.1, -0.05) is 0 Å². The van der Waals surface area contributed by atoms with Crippen molar-refractivity contribution in [2.75, 3.05) is 5.75 Å². The first-order valence-corrected chi connectivity index (χ1v) is 11.0. The second-order valence-corrected chi connectivity index (χ2v) is 8.95. The van der Waals surface area contributed by atoms with E-state index >= 15 is 0 Å². The Morgan fingerprint density at radius 2 is 1.58 bits per heavy atom. The number of halogens is 3. The average molecular weight is 484 g/mol. The Kier molecular flexibility index (Phi) is 6.98. The van der Waals surface area contributed by atoms with Crippen LogP contribution in [0.1, 0.15) is 11.7 Å². The van der Waals surface area contributed by atoms with Crippen molar-refractivity contribution in [3.8, 4) is 17.2 Å². The molecule has 0 saturated carbocycles. The van der Waals surface area contributed by atoms with E-state index in [9.17, 15) is 31.6 Å². The van der Waals surface area contributed by atoms with E-state index in [0.29, 0.717) is 10.8 Å². The summed E-state index contributed by atoms with van der Waals surface area (Å²) in [6, 6.07) is 12.2. The largest absolute Gasteiger partial charge is 0.573 e. The van der Waals surface area contributed by atoms with E-state index in [1.165, 1.54) is 36.4 Å². The monoisotopic (exact) mass is 484 g/mol. The standard InChI is InChI=1S/C21H19F3N2O6S/c1-25-12-2-3-19(25)20(26(28)14-27)13-33(29,30)18-10-8-16(9-11-18)31-15-4-6-17(7-5-15)32-21(22,23)24/h2-12,14,20,28H,13H2,1H3. The minimum absolute atomic E-state index is 0.0673. The maximum atomic E-state index is 12.9. The van der Waals surface area contributed by atoms with Gasteiger partial charge in [-0.05, 0) is 60.7 Å². The lowest BCUT2D eigenvalue weighted by Gasteiger charge is -2.23. The maximum Gasteiger partial charge on any atom is 0.573 e. The summed E-state index contributed by atoms with van der Waals surface area (Å²) < 4.78 is 73.3. The highest BCUT2D eigenvalue weighted by Gasteiger charge is 2.31. The number of nitrogens with zero attached hydrogens (tertiary/aromatic N) is 2. The molecular formula is C21H19F3N2O6S. The number of rotatable bonds is 9. The molecule has 1 amide bonds. The zero-order valence-electron chi connectivity index (χ0n) is 17.1. The normalized spacial score (nSPS) is 12.8. The van der Waals surface area contributed by atoms with Gasteiger partial charge in [0, 0.05) is 18.9 Å². The SMILES string of the molecule is Cn1cccc1C(CS(=O)(=O)c1ccc(Oc2ccc(OC(F)(F)F)cc2)cc1)N(O)C=O. The number of hydrogen-bond donors (Lipinski definition) is 1. The van der Waals surface area contributed by atoms with Crippen LogP contribution in [0.25, 0.3) is 0 Å². The molecule has 0 bridgehead atoms. The van der Waals surface area contributed by atoms with Gasteiger partial charge in [0.2, 0.25) is 6.41 Å². The third kappa shape index (κ3) is 6.26. The van der Waals surface area contributed by atoms with Crippen molar-refractivity contribution in [2.24, 2.45) is 7.05 Å². The smallest absolute Gasteiger partial charge is 0.457 e. The molecule has 12 heteroatoms. The molecule has 1 aromatic heterocycles. The Hall–Kier alpha value is -3.51. The summed E-state index contributed by atoms with van der Waals surface area (Å²) in [7, 11) is -2.27. The lowest BCUT2D eigenvalue weighted by molar-refractivity contribution is -0.274. The predicted octanol–water partition coefficient (Wildman–Crippen LogP) is 4.08. The molecule has 1 heterocycles. The van der Waals surface area contributed by atoms with Crippen LogP contribution in [0.3, 0.4) is 0 Å². The van der Waals surface area contributed by atoms with Crippen LogP contribution in [0.5, 0.6) is 17.2 Å². The van der Waals surface area contributed by atoms with Gasteiger partial charge < -0.3 is 14.0 Å². The van der Waals surface area contributed by atoms with E-state index in [0.717, 1.165) is 12.1 Å². The molecule has 0 aliphatic carbocycles. The van der Waals surface area contributed by atoms with Gasteiger partial charge in [0.25, 0.3) is 0 Å². The van der Waals surface area contributed by atoms with Crippen LogP contribution in [0.4, 0.5) is 13.2 Å². The van der Waals surface area contributed by atoms with Crippen molar-refractivity contribution >= 4 is 16.2 Å². The first-order valence-electron chi connectivity index (χ1n) is 9.39. The second-order valence-electron chi connectivity index (χ2n) is 6.92. The lowest BCUT2D eigenvalue weighted by Crippen LogP contribution is -2.31. The van der Waals surface area contributed by atoms with Gasteiger partial charge in [-0.3, -0.25) is 10.0 Å². The number of benzene rings is 2. The lowest BCUT2D eigenvalue weighted by atomic mass is 10.2. The van der Waals surface area contributed by atoms with Gasteiger partial charge in [-0.2, -0.15) is 0 Å². The highest BCUT2D eigenvalue weighted by atomic mass is 32.2. The van der Waals surface area contributed by atoms with Gasteiger partial charge in [0.05, 0.1) is 10.6 Å². The molecule has 1 atom stereocenters. The van der Waals surface area contributed by atoms with E-state index in [1.54, 1.807) is 29.9 Å². The molecule has 0 aliphatic heterocycles. The third-order valence-corrected chi connectivity index (χ3v) is 6.35. The molecule has 1 unspecified atom stereocenters. The molecule has 3 aromatic rings. The number of aryl methyl sites for hydroxylation is 1. The molecule has 33 heavy (non-hydrogen) atoms. The van der Waals surface area contributed by atoms with Crippen molar-refractivity contribution < 1.29 is 41.1 Å². The Labute approximate surface area is 187 Å². The Balaban J connectivity index is 1.73. The fourth-order valence-electron chi connectivity index (χ4n) is 3.06. The predicted molar refractivity (Wildman–Crippen MR) is 110 cm³/mol. The molecule has 0 spiro atoms. The molecule has 176 valence electrons. The van der Waals surface area contributed by atoms with Gasteiger partial charge in [-0.15, -0.1) is 13.2 Å². The molecule has 8 nitrogen and oxygen atoms in total. The van der Waals surface area contributed by atoms with Crippen LogP contribution in [-0.4, -0.2) is 41.8 Å². The van der Waals surface area contributed by atoms with E-state index in [-0.39, 0.29) is 22.8 Å². The first-order chi connectivity index (χ1) is 15.5. The van der Waals surface area contributed by atoms with E-state index < -0.39 is 33.7 Å². The van der Waals surface area contributed by atoms with E-state index in [1.807, 2.05) is 0 Å². The van der Waals surface area contributed by atoms with Crippen molar-refractivity contribution in [1.82, 2.24) is 9.63 Å². The Morgan fingerprint density at radius 1 is 1.03 bits per heavy atom. The van der Waals surface area contributed by atoms with Crippen LogP contribution in [0.2, 0.25) is 0 Å². The molecule has 0 aliphatic rings. The number of aromatic nitrogens is 1. The number of ether oxygens (including phenoxy) is 2. The molecule has 3 rings (SSSR count). The van der Waals surface area contributed by atoms with Gasteiger partial charge in [-0.25, -0.2) is 13.5 Å². The summed E-state index contributed by atoms with van der Waals surface area (Å²) >= 11 is 0. The summed E-state index contributed by atoms with van der Waals surface area (Å²) in [6.07, 6.45) is -3.02. The average Bonchev–Trinajstić information content (AvgIpc) is 3.18. The summed E-state index contributed by atoms with van der Waals surface area (Å²) in [4.78, 5) is 11.0. The van der Waals surface area contributed by atoms with Crippen LogP contribution >= 0.6 is 0 Å². The fraction of sp³-hybridized carbons (Fsp3) is 0.190. The van der Waals surface area contributed by atoms with Gasteiger partial charge in [0.15, 0.2) is 9.84 Å². The number of carbonyl (C=O) groups excluding carboxylic acids is 1. The van der Waals surface area contributed by atoms with Crippen molar-refractivity contribution in [3.63, 3.8) is 0 Å². The van der Waals surface area contributed by atoms with Crippen molar-refractivity contribution in [3.05, 3.63) is 72.6 Å². The minimum atomic E-state index is -4.80. The number of carbonyl (C=O) groups is 1. The van der Waals surface area contributed by atoms with Crippen LogP contribution in [-0.2, 0) is 21.7 Å². The summed E-state index contributed by atoms with van der Waals surface area (Å²) in [5, 5.41) is 10.2. The molecular weight excluding hydrogens is 465 g/mol.